The van der Waals surface area contributed by atoms with Gasteiger partial charge in [-0.25, -0.2) is 9.97 Å². The molecule has 0 aromatic carbocycles. The van der Waals surface area contributed by atoms with Crippen LogP contribution in [0.25, 0.3) is 11.0 Å². The van der Waals surface area contributed by atoms with Crippen molar-refractivity contribution in [2.45, 2.75) is 58.9 Å². The first-order chi connectivity index (χ1) is 12.5. The van der Waals surface area contributed by atoms with Gasteiger partial charge in [-0.3, -0.25) is 4.21 Å². The fraction of sp³-hybridized carbons (Fsp3) is 0.684. The Hall–Kier alpha value is -1.47. The molecule has 6 nitrogen and oxygen atoms in total. The van der Waals surface area contributed by atoms with E-state index in [4.69, 9.17) is 10.5 Å². The predicted octanol–water partition coefficient (Wildman–Crippen LogP) is 3.54. The van der Waals surface area contributed by atoms with Crippen LogP contribution in [0.1, 0.15) is 56.3 Å². The van der Waals surface area contributed by atoms with E-state index in [0.29, 0.717) is 12.4 Å². The van der Waals surface area contributed by atoms with Crippen molar-refractivity contribution in [3.63, 3.8) is 0 Å². The Morgan fingerprint density at radius 2 is 2.00 bits per heavy atom. The molecule has 0 saturated carbocycles. The molecule has 0 spiro atoms. The van der Waals surface area contributed by atoms with Gasteiger partial charge in [-0.05, 0) is 38.7 Å². The molecule has 2 N–H and O–H groups in total. The number of anilines is 1. The van der Waals surface area contributed by atoms with E-state index in [9.17, 15) is 4.21 Å². The molecule has 26 heavy (non-hydrogen) atoms. The lowest BCUT2D eigenvalue weighted by Crippen LogP contribution is -2.15. The molecule has 0 amide bonds. The van der Waals surface area contributed by atoms with Gasteiger partial charge in [-0.15, -0.1) is 0 Å². The molecule has 2 aromatic heterocycles. The van der Waals surface area contributed by atoms with E-state index in [1.807, 2.05) is 13.3 Å². The van der Waals surface area contributed by atoms with Crippen molar-refractivity contribution in [3.05, 3.63) is 17.6 Å². The van der Waals surface area contributed by atoms with E-state index in [1.54, 1.807) is 7.11 Å². The second kappa shape index (κ2) is 10.0. The minimum absolute atomic E-state index is 0.189. The Kier molecular flexibility index (Phi) is 8.03. The quantitative estimate of drug-likeness (QED) is 0.603. The zero-order valence-electron chi connectivity index (χ0n) is 16.5. The monoisotopic (exact) mass is 380 g/mol. The number of hydrogen-bond acceptors (Lipinski definition) is 5. The van der Waals surface area contributed by atoms with E-state index in [1.165, 1.54) is 0 Å². The number of nitrogens with zero attached hydrogens (tertiary/aromatic N) is 3. The highest BCUT2D eigenvalue weighted by Gasteiger charge is 2.18. The van der Waals surface area contributed by atoms with Gasteiger partial charge < -0.3 is 15.0 Å². The summed E-state index contributed by atoms with van der Waals surface area (Å²) < 4.78 is 19.6. The van der Waals surface area contributed by atoms with E-state index >= 15 is 0 Å². The molecule has 2 atom stereocenters. The minimum Gasteiger partial charge on any atom is -0.383 e. The topological polar surface area (TPSA) is 83.0 Å². The summed E-state index contributed by atoms with van der Waals surface area (Å²) in [5.74, 6) is 2.10. The average molecular weight is 381 g/mol. The molecule has 0 aliphatic heterocycles. The summed E-state index contributed by atoms with van der Waals surface area (Å²) in [4.78, 5) is 8.86. The maximum atomic E-state index is 11.9. The van der Waals surface area contributed by atoms with Crippen LogP contribution >= 0.6 is 0 Å². The number of unbranched alkanes of at least 4 members (excludes halogenated alkanes) is 2. The van der Waals surface area contributed by atoms with Gasteiger partial charge in [-0.1, -0.05) is 19.8 Å². The Morgan fingerprint density at radius 1 is 1.27 bits per heavy atom. The lowest BCUT2D eigenvalue weighted by Gasteiger charge is -2.20. The second-order valence-electron chi connectivity index (χ2n) is 6.86. The lowest BCUT2D eigenvalue weighted by atomic mass is 10.1. The molecular weight excluding hydrogens is 348 g/mol. The first kappa shape index (κ1) is 20.8. The number of ether oxygens (including phenoxy) is 1. The van der Waals surface area contributed by atoms with Gasteiger partial charge in [0, 0.05) is 35.1 Å². The number of imidazole rings is 1. The molecule has 2 unspecified atom stereocenters. The highest BCUT2D eigenvalue weighted by atomic mass is 32.2. The summed E-state index contributed by atoms with van der Waals surface area (Å²) in [6, 6.07) is 0.189. The van der Waals surface area contributed by atoms with Crippen LogP contribution in [0, 0.1) is 13.8 Å². The zero-order chi connectivity index (χ0) is 19.1. The number of aryl methyl sites for hydroxylation is 2. The van der Waals surface area contributed by atoms with E-state index < -0.39 is 10.8 Å². The molecule has 2 rings (SSSR count). The first-order valence-corrected chi connectivity index (χ1v) is 10.9. The number of rotatable bonds is 11. The highest BCUT2D eigenvalue weighted by molar-refractivity contribution is 7.84. The Morgan fingerprint density at radius 3 is 2.69 bits per heavy atom. The van der Waals surface area contributed by atoms with Crippen molar-refractivity contribution in [2.24, 2.45) is 0 Å². The van der Waals surface area contributed by atoms with Gasteiger partial charge in [0.1, 0.15) is 5.52 Å². The standard InChI is InChI=1S/C19H32N4O2S/c1-5-6-10-26(24)11-8-7-9-16(12-25-4)23-13-21-17-18(23)14(2)15(3)22-19(17)20/h13,16H,5-12H2,1-4H3,(H2,20,22). The van der Waals surface area contributed by atoms with Crippen LogP contribution in [0.5, 0.6) is 0 Å². The molecule has 0 bridgehead atoms. The highest BCUT2D eigenvalue weighted by Crippen LogP contribution is 2.28. The molecule has 0 aliphatic carbocycles. The van der Waals surface area contributed by atoms with Gasteiger partial charge in [-0.2, -0.15) is 0 Å². The summed E-state index contributed by atoms with van der Waals surface area (Å²) in [5.41, 5.74) is 9.90. The van der Waals surface area contributed by atoms with Gasteiger partial charge in [0.25, 0.3) is 0 Å². The minimum atomic E-state index is -0.682. The molecule has 0 radical (unpaired) electrons. The van der Waals surface area contributed by atoms with Crippen LogP contribution in [-0.2, 0) is 15.5 Å². The molecule has 146 valence electrons. The number of pyridine rings is 1. The van der Waals surface area contributed by atoms with E-state index in [0.717, 1.165) is 65.9 Å². The second-order valence-corrected chi connectivity index (χ2v) is 8.56. The number of hydrogen-bond donors (Lipinski definition) is 1. The summed E-state index contributed by atoms with van der Waals surface area (Å²) in [6.45, 7) is 6.78. The third-order valence-corrected chi connectivity index (χ3v) is 6.35. The Balaban J connectivity index is 2.08. The third kappa shape index (κ3) is 5.04. The smallest absolute Gasteiger partial charge is 0.151 e. The van der Waals surface area contributed by atoms with Crippen LogP contribution in [-0.4, -0.2) is 44.0 Å². The van der Waals surface area contributed by atoms with Gasteiger partial charge in [0.05, 0.1) is 24.5 Å². The van der Waals surface area contributed by atoms with Crippen molar-refractivity contribution in [1.29, 1.82) is 0 Å². The zero-order valence-corrected chi connectivity index (χ0v) is 17.3. The number of fused-ring (bicyclic) bond motifs is 1. The van der Waals surface area contributed by atoms with Crippen molar-refractivity contribution >= 4 is 27.7 Å². The van der Waals surface area contributed by atoms with Gasteiger partial charge in [0.2, 0.25) is 0 Å². The number of methoxy groups -OCH3 is 1. The maximum absolute atomic E-state index is 11.9. The summed E-state index contributed by atoms with van der Waals surface area (Å²) in [7, 11) is 1.04. The van der Waals surface area contributed by atoms with Crippen LogP contribution in [0.3, 0.4) is 0 Å². The average Bonchev–Trinajstić information content (AvgIpc) is 3.06. The normalized spacial score (nSPS) is 14.0. The van der Waals surface area contributed by atoms with Crippen molar-refractivity contribution in [1.82, 2.24) is 14.5 Å². The van der Waals surface area contributed by atoms with Crippen molar-refractivity contribution in [3.8, 4) is 0 Å². The molecular formula is C19H32N4O2S. The Labute approximate surface area is 159 Å². The predicted molar refractivity (Wildman–Crippen MR) is 109 cm³/mol. The van der Waals surface area contributed by atoms with Gasteiger partial charge >= 0.3 is 0 Å². The first-order valence-electron chi connectivity index (χ1n) is 9.42. The van der Waals surface area contributed by atoms with Crippen molar-refractivity contribution in [2.75, 3.05) is 31.0 Å². The fourth-order valence-electron chi connectivity index (χ4n) is 3.23. The number of nitrogens with two attached hydrogens (primary N) is 1. The maximum Gasteiger partial charge on any atom is 0.151 e. The van der Waals surface area contributed by atoms with Gasteiger partial charge in [0.15, 0.2) is 5.82 Å². The molecule has 2 aromatic rings. The summed E-state index contributed by atoms with van der Waals surface area (Å²) in [6.07, 6.45) is 6.96. The van der Waals surface area contributed by atoms with E-state index in [-0.39, 0.29) is 6.04 Å². The third-order valence-electron chi connectivity index (χ3n) is 4.86. The summed E-state index contributed by atoms with van der Waals surface area (Å²) in [5, 5.41) is 0. The van der Waals surface area contributed by atoms with Crippen LogP contribution < -0.4 is 5.73 Å². The number of nitrogen functional groups attached to an aromatic ring is 1. The van der Waals surface area contributed by atoms with Crippen LogP contribution in [0.15, 0.2) is 6.33 Å². The van der Waals surface area contributed by atoms with Crippen molar-refractivity contribution < 1.29 is 8.95 Å². The lowest BCUT2D eigenvalue weighted by molar-refractivity contribution is 0.151. The number of aromatic nitrogens is 3. The van der Waals surface area contributed by atoms with Crippen LogP contribution in [0.2, 0.25) is 0 Å². The summed E-state index contributed by atoms with van der Waals surface area (Å²) >= 11 is 0. The molecule has 0 saturated heterocycles. The van der Waals surface area contributed by atoms with E-state index in [2.05, 4.69) is 28.4 Å². The Bertz CT molecular complexity index is 745. The largest absolute Gasteiger partial charge is 0.383 e. The van der Waals surface area contributed by atoms with Crippen LogP contribution in [0.4, 0.5) is 5.82 Å². The molecule has 0 aliphatic rings. The fourth-order valence-corrected chi connectivity index (χ4v) is 4.57. The SMILES string of the molecule is CCCCS(=O)CCCCC(COC)n1cnc2c(N)nc(C)c(C)c21. The molecule has 7 heteroatoms. The molecule has 0 fully saturated rings. The molecule has 2 heterocycles.